The van der Waals surface area contributed by atoms with Gasteiger partial charge in [0.05, 0.1) is 32.1 Å². The number of hydrogen-bond acceptors (Lipinski definition) is 5. The molecule has 5 heterocycles. The number of rotatable bonds is 0. The maximum atomic E-state index is 10.1. The third-order valence-electron chi connectivity index (χ3n) is 2.31. The summed E-state index contributed by atoms with van der Waals surface area (Å²) >= 11 is 0. The van der Waals surface area contributed by atoms with E-state index < -0.39 is 0 Å². The van der Waals surface area contributed by atoms with Gasteiger partial charge in [0.15, 0.2) is 0 Å². The molecule has 0 bridgehead atoms. The fourth-order valence-corrected chi connectivity index (χ4v) is 0.534. The van der Waals surface area contributed by atoms with Crippen molar-refractivity contribution in [3.63, 3.8) is 0 Å². The number of carbonyl (C=O) groups is 5. The van der Waals surface area contributed by atoms with Crippen LogP contribution in [0.1, 0.15) is 6.92 Å². The van der Waals surface area contributed by atoms with Crippen molar-refractivity contribution in [2.24, 2.45) is 5.92 Å². The van der Waals surface area contributed by atoms with Crippen molar-refractivity contribution in [3.05, 3.63) is 0 Å². The summed E-state index contributed by atoms with van der Waals surface area (Å²) in [6.45, 7) is 5.18. The van der Waals surface area contributed by atoms with E-state index in [1.165, 1.54) is 0 Å². The molecule has 5 aliphatic rings. The highest BCUT2D eigenvalue weighted by molar-refractivity contribution is 5.92. The lowest BCUT2D eigenvalue weighted by Gasteiger charge is -2.20. The Labute approximate surface area is 126 Å². The lowest BCUT2D eigenvalue weighted by atomic mass is 10.1. The van der Waals surface area contributed by atoms with Gasteiger partial charge in [0.2, 0.25) is 29.5 Å². The van der Waals surface area contributed by atoms with Gasteiger partial charge in [-0.25, -0.2) is 0 Å². The Morgan fingerprint density at radius 2 is 0.818 bits per heavy atom. The van der Waals surface area contributed by atoms with Crippen molar-refractivity contribution in [3.8, 4) is 0 Å². The van der Waals surface area contributed by atoms with E-state index >= 15 is 0 Å². The first-order valence-electron chi connectivity index (χ1n) is 6.73. The van der Waals surface area contributed by atoms with Crippen molar-refractivity contribution < 1.29 is 24.0 Å². The Balaban J connectivity index is 0.000000139. The van der Waals surface area contributed by atoms with Crippen LogP contribution in [0.15, 0.2) is 0 Å². The number of β-lactam (4-membered cyclic amide) rings is 1. The summed E-state index contributed by atoms with van der Waals surface area (Å²) in [7, 11) is 0. The van der Waals surface area contributed by atoms with Gasteiger partial charge in [-0.05, 0) is 0 Å². The quantitative estimate of drug-likeness (QED) is 0.226. The largest absolute Gasteiger partial charge is 0.355 e. The summed E-state index contributed by atoms with van der Waals surface area (Å²) in [4.78, 5) is 47.9. The number of nitrogens with one attached hydrogen (secondary N) is 5. The van der Waals surface area contributed by atoms with Crippen molar-refractivity contribution in [1.82, 2.24) is 26.6 Å². The molecule has 10 nitrogen and oxygen atoms in total. The van der Waals surface area contributed by atoms with E-state index in [4.69, 9.17) is 0 Å². The Morgan fingerprint density at radius 3 is 0.818 bits per heavy atom. The standard InChI is InChI=1S/C4H7NO.4C2H3NO/c1-3-2-5-4(3)6;4*4-2-1-3-2/h3H,2H2,1H3,(H,5,6);4*1H2,(H,3,4). The van der Waals surface area contributed by atoms with Gasteiger partial charge < -0.3 is 26.6 Å². The maximum absolute atomic E-state index is 10.1. The smallest absolute Gasteiger partial charge is 0.239 e. The first kappa shape index (κ1) is 17.4. The van der Waals surface area contributed by atoms with E-state index in [0.29, 0.717) is 26.2 Å². The highest BCUT2D eigenvalue weighted by Crippen LogP contribution is 2.00. The zero-order valence-electron chi connectivity index (χ0n) is 12.2. The predicted octanol–water partition coefficient (Wildman–Crippen LogP) is -3.78. The lowest BCUT2D eigenvalue weighted by Crippen LogP contribution is -2.46. The predicted molar refractivity (Wildman–Crippen MR) is 74.2 cm³/mol. The number of amides is 5. The van der Waals surface area contributed by atoms with Gasteiger partial charge in [-0.15, -0.1) is 0 Å². The molecule has 10 heteroatoms. The molecule has 0 radical (unpaired) electrons. The van der Waals surface area contributed by atoms with E-state index in [1.54, 1.807) is 0 Å². The van der Waals surface area contributed by atoms with Crippen molar-refractivity contribution in [2.45, 2.75) is 6.92 Å². The van der Waals surface area contributed by atoms with Crippen LogP contribution in [0.5, 0.6) is 0 Å². The summed E-state index contributed by atoms with van der Waals surface area (Å²) in [6, 6.07) is 0. The number of carbonyl (C=O) groups excluding carboxylic acids is 5. The van der Waals surface area contributed by atoms with Crippen molar-refractivity contribution in [1.29, 1.82) is 0 Å². The minimum absolute atomic E-state index is 0.167. The van der Waals surface area contributed by atoms with Crippen LogP contribution in [-0.4, -0.2) is 62.3 Å². The summed E-state index contributed by atoms with van der Waals surface area (Å²) in [6.07, 6.45) is 0. The second-order valence-corrected chi connectivity index (χ2v) is 4.75. The minimum atomic E-state index is 0.167. The van der Waals surface area contributed by atoms with Crippen molar-refractivity contribution in [2.75, 3.05) is 32.7 Å². The van der Waals surface area contributed by atoms with Crippen LogP contribution < -0.4 is 26.6 Å². The van der Waals surface area contributed by atoms with Gasteiger partial charge in [-0.2, -0.15) is 0 Å². The summed E-state index contributed by atoms with van der Waals surface area (Å²) in [5.74, 6) is 1.14. The monoisotopic (exact) mass is 313 g/mol. The fourth-order valence-electron chi connectivity index (χ4n) is 0.534. The van der Waals surface area contributed by atoms with E-state index in [9.17, 15) is 24.0 Å². The van der Waals surface area contributed by atoms with Gasteiger partial charge in [-0.3, -0.25) is 24.0 Å². The zero-order valence-corrected chi connectivity index (χ0v) is 12.2. The Bertz CT molecular complexity index is 391. The normalized spacial score (nSPS) is 22.8. The molecule has 0 spiro atoms. The maximum Gasteiger partial charge on any atom is 0.239 e. The van der Waals surface area contributed by atoms with Crippen LogP contribution in [0.3, 0.4) is 0 Å². The molecular formula is C12H19N5O5. The topological polar surface area (TPSA) is 185 Å². The van der Waals surface area contributed by atoms with E-state index in [0.717, 1.165) is 6.54 Å². The van der Waals surface area contributed by atoms with E-state index in [2.05, 4.69) is 26.6 Å². The van der Waals surface area contributed by atoms with Crippen LogP contribution in [-0.2, 0) is 24.0 Å². The molecule has 122 valence electrons. The van der Waals surface area contributed by atoms with Gasteiger partial charge in [0.1, 0.15) is 0 Å². The Hall–Kier alpha value is -2.65. The molecule has 5 saturated heterocycles. The summed E-state index contributed by atoms with van der Waals surface area (Å²) in [5, 5.41) is 12.5. The molecule has 0 saturated carbocycles. The van der Waals surface area contributed by atoms with Gasteiger partial charge in [-0.1, -0.05) is 6.92 Å². The van der Waals surface area contributed by atoms with E-state index in [-0.39, 0.29) is 35.5 Å². The van der Waals surface area contributed by atoms with Gasteiger partial charge in [0, 0.05) is 6.54 Å². The molecule has 0 aromatic rings. The molecule has 5 fully saturated rings. The molecule has 0 aromatic heterocycles. The highest BCUT2D eigenvalue weighted by atomic mass is 16.2. The third-order valence-corrected chi connectivity index (χ3v) is 2.31. The SMILES string of the molecule is CC1CNC1=O.O=C1CN1.O=C1CN1.O=C1CN1.O=C1CN1. The summed E-state index contributed by atoms with van der Waals surface area (Å²) < 4.78 is 0. The average molecular weight is 313 g/mol. The van der Waals surface area contributed by atoms with E-state index in [1.807, 2.05) is 6.92 Å². The minimum Gasteiger partial charge on any atom is -0.355 e. The molecule has 0 aliphatic carbocycles. The van der Waals surface area contributed by atoms with Crippen LogP contribution in [0.4, 0.5) is 0 Å². The summed E-state index contributed by atoms with van der Waals surface area (Å²) in [5.41, 5.74) is 0. The highest BCUT2D eigenvalue weighted by Gasteiger charge is 2.20. The zero-order chi connectivity index (χ0) is 16.5. The second kappa shape index (κ2) is 8.60. The molecule has 0 aromatic carbocycles. The van der Waals surface area contributed by atoms with Gasteiger partial charge >= 0.3 is 0 Å². The molecule has 5 rings (SSSR count). The fraction of sp³-hybridized carbons (Fsp3) is 0.583. The first-order valence-corrected chi connectivity index (χ1v) is 6.73. The molecule has 1 unspecified atom stereocenters. The first-order chi connectivity index (χ1) is 10.4. The Morgan fingerprint density at radius 1 is 0.636 bits per heavy atom. The average Bonchev–Trinajstić information content (AvgIpc) is 3.28. The van der Waals surface area contributed by atoms with Crippen LogP contribution in [0.25, 0.3) is 0 Å². The van der Waals surface area contributed by atoms with Crippen LogP contribution in [0, 0.1) is 5.92 Å². The number of hydrogen-bond donors (Lipinski definition) is 5. The Kier molecular flexibility index (Phi) is 6.80. The molecule has 5 amide bonds. The van der Waals surface area contributed by atoms with Crippen molar-refractivity contribution >= 4 is 29.5 Å². The molecule has 5 N–H and O–H groups in total. The molecule has 1 atom stereocenters. The third kappa shape index (κ3) is 13.8. The van der Waals surface area contributed by atoms with Gasteiger partial charge in [0.25, 0.3) is 0 Å². The molecular weight excluding hydrogens is 294 g/mol. The van der Waals surface area contributed by atoms with Crippen LogP contribution in [0.2, 0.25) is 0 Å². The second-order valence-electron chi connectivity index (χ2n) is 4.75. The lowest BCUT2D eigenvalue weighted by molar-refractivity contribution is -0.130. The molecule has 5 aliphatic heterocycles. The van der Waals surface area contributed by atoms with Crippen LogP contribution >= 0.6 is 0 Å². The molecule has 22 heavy (non-hydrogen) atoms.